The van der Waals surface area contributed by atoms with Gasteiger partial charge in [-0.1, -0.05) is 63.8 Å². The lowest BCUT2D eigenvalue weighted by atomic mass is 10.0. The van der Waals surface area contributed by atoms with Crippen LogP contribution in [-0.4, -0.2) is 35.7 Å². The highest BCUT2D eigenvalue weighted by atomic mass is 16.5. The number of ketones is 2. The maximum atomic E-state index is 12.5. The Morgan fingerprint density at radius 3 is 1.44 bits per heavy atom. The zero-order valence-electron chi connectivity index (χ0n) is 21.6. The SMILES string of the molecule is CCCCC=CC(=O)C(C)OC(=O)c1ccc2cc(C(=O)OC(C)C(=O)C=CCCCC)ccc2c1. The van der Waals surface area contributed by atoms with Crippen molar-refractivity contribution < 1.29 is 28.7 Å². The van der Waals surface area contributed by atoms with Gasteiger partial charge in [-0.15, -0.1) is 0 Å². The van der Waals surface area contributed by atoms with Gasteiger partial charge in [0.15, 0.2) is 23.8 Å². The molecule has 2 atom stereocenters. The summed E-state index contributed by atoms with van der Waals surface area (Å²) < 4.78 is 10.6. The van der Waals surface area contributed by atoms with Gasteiger partial charge in [-0.05, 0) is 73.9 Å². The van der Waals surface area contributed by atoms with Crippen molar-refractivity contribution in [3.8, 4) is 0 Å². The Kier molecular flexibility index (Phi) is 11.8. The van der Waals surface area contributed by atoms with Gasteiger partial charge in [0.05, 0.1) is 11.1 Å². The third-order valence-electron chi connectivity index (χ3n) is 5.69. The molecule has 2 aromatic rings. The van der Waals surface area contributed by atoms with E-state index in [-0.39, 0.29) is 11.6 Å². The average Bonchev–Trinajstić information content (AvgIpc) is 2.87. The number of allylic oxidation sites excluding steroid dienone is 2. The van der Waals surface area contributed by atoms with E-state index in [0.29, 0.717) is 11.1 Å². The number of unbranched alkanes of at least 4 members (excludes halogenated alkanes) is 4. The van der Waals surface area contributed by atoms with Gasteiger partial charge in [0.2, 0.25) is 0 Å². The van der Waals surface area contributed by atoms with Gasteiger partial charge in [-0.3, -0.25) is 9.59 Å². The van der Waals surface area contributed by atoms with E-state index >= 15 is 0 Å². The number of rotatable bonds is 14. The first-order valence-electron chi connectivity index (χ1n) is 12.6. The molecule has 0 aliphatic rings. The summed E-state index contributed by atoms with van der Waals surface area (Å²) in [6.07, 6.45) is 10.5. The largest absolute Gasteiger partial charge is 0.451 e. The van der Waals surface area contributed by atoms with E-state index < -0.39 is 24.1 Å². The third-order valence-corrected chi connectivity index (χ3v) is 5.69. The third kappa shape index (κ3) is 8.91. The van der Waals surface area contributed by atoms with Gasteiger partial charge in [0.1, 0.15) is 0 Å². The minimum atomic E-state index is -0.880. The molecule has 192 valence electrons. The first-order chi connectivity index (χ1) is 17.3. The van der Waals surface area contributed by atoms with Crippen LogP contribution in [0.3, 0.4) is 0 Å². The van der Waals surface area contributed by atoms with Crippen molar-refractivity contribution in [3.05, 3.63) is 71.8 Å². The van der Waals surface area contributed by atoms with E-state index in [2.05, 4.69) is 13.8 Å². The highest BCUT2D eigenvalue weighted by Gasteiger charge is 2.19. The quantitative estimate of drug-likeness (QED) is 0.169. The summed E-state index contributed by atoms with van der Waals surface area (Å²) in [6, 6.07) is 9.86. The zero-order valence-corrected chi connectivity index (χ0v) is 21.6. The highest BCUT2D eigenvalue weighted by Crippen LogP contribution is 2.20. The van der Waals surface area contributed by atoms with Crippen LogP contribution in [0, 0.1) is 0 Å². The Morgan fingerprint density at radius 2 is 1.08 bits per heavy atom. The van der Waals surface area contributed by atoms with Gasteiger partial charge >= 0.3 is 11.9 Å². The number of ether oxygens (including phenoxy) is 2. The molecule has 0 fully saturated rings. The van der Waals surface area contributed by atoms with Crippen molar-refractivity contribution in [3.63, 3.8) is 0 Å². The molecule has 0 saturated heterocycles. The Balaban J connectivity index is 2.01. The lowest BCUT2D eigenvalue weighted by Crippen LogP contribution is -2.23. The van der Waals surface area contributed by atoms with Crippen LogP contribution >= 0.6 is 0 Å². The minimum Gasteiger partial charge on any atom is -0.451 e. The zero-order chi connectivity index (χ0) is 26.5. The molecule has 0 aliphatic carbocycles. The van der Waals surface area contributed by atoms with Gasteiger partial charge in [0, 0.05) is 0 Å². The molecule has 0 amide bonds. The monoisotopic (exact) mass is 492 g/mol. The topological polar surface area (TPSA) is 86.7 Å². The van der Waals surface area contributed by atoms with Crippen LogP contribution in [0.15, 0.2) is 60.7 Å². The standard InChI is InChI=1S/C30H36O6/c1-5-7-9-11-13-27(31)21(3)35-29(33)25-17-15-24-20-26(18-16-23(24)19-25)30(34)36-22(4)28(32)14-12-10-8-6-2/h11-22H,5-10H2,1-4H3. The number of fused-ring (bicyclic) bond motifs is 1. The van der Waals surface area contributed by atoms with Crippen LogP contribution in [0.1, 0.15) is 86.9 Å². The average molecular weight is 493 g/mol. The summed E-state index contributed by atoms with van der Waals surface area (Å²) in [4.78, 5) is 49.4. The fraction of sp³-hybridized carbons (Fsp3) is 0.400. The minimum absolute atomic E-state index is 0.257. The van der Waals surface area contributed by atoms with Crippen molar-refractivity contribution in [1.82, 2.24) is 0 Å². The second kappa shape index (κ2) is 14.8. The van der Waals surface area contributed by atoms with E-state index in [0.717, 1.165) is 49.3 Å². The summed E-state index contributed by atoms with van der Waals surface area (Å²) in [5.41, 5.74) is 0.614. The summed E-state index contributed by atoms with van der Waals surface area (Å²) >= 11 is 0. The van der Waals surface area contributed by atoms with Crippen molar-refractivity contribution >= 4 is 34.3 Å². The fourth-order valence-corrected chi connectivity index (χ4v) is 3.39. The van der Waals surface area contributed by atoms with Gasteiger partial charge in [-0.25, -0.2) is 9.59 Å². The van der Waals surface area contributed by atoms with Crippen LogP contribution in [0.4, 0.5) is 0 Å². The van der Waals surface area contributed by atoms with Crippen LogP contribution < -0.4 is 0 Å². The van der Waals surface area contributed by atoms with E-state index in [1.165, 1.54) is 12.2 Å². The smallest absolute Gasteiger partial charge is 0.338 e. The summed E-state index contributed by atoms with van der Waals surface area (Å²) in [5.74, 6) is -1.70. The van der Waals surface area contributed by atoms with Crippen molar-refractivity contribution in [2.75, 3.05) is 0 Å². The van der Waals surface area contributed by atoms with Gasteiger partial charge < -0.3 is 9.47 Å². The predicted octanol–water partition coefficient (Wildman–Crippen LogP) is 6.56. The molecule has 0 aromatic heterocycles. The number of benzene rings is 2. The molecule has 2 unspecified atom stereocenters. The maximum Gasteiger partial charge on any atom is 0.338 e. The van der Waals surface area contributed by atoms with Gasteiger partial charge in [0.25, 0.3) is 0 Å². The van der Waals surface area contributed by atoms with E-state index in [1.807, 2.05) is 0 Å². The van der Waals surface area contributed by atoms with E-state index in [1.54, 1.807) is 62.4 Å². The van der Waals surface area contributed by atoms with Crippen LogP contribution in [0.2, 0.25) is 0 Å². The molecule has 2 aromatic carbocycles. The van der Waals surface area contributed by atoms with Gasteiger partial charge in [-0.2, -0.15) is 0 Å². The van der Waals surface area contributed by atoms with E-state index in [4.69, 9.17) is 9.47 Å². The van der Waals surface area contributed by atoms with Crippen molar-refractivity contribution in [2.45, 2.75) is 78.4 Å². The molecule has 0 saturated carbocycles. The maximum absolute atomic E-state index is 12.5. The molecule has 6 heteroatoms. The number of esters is 2. The van der Waals surface area contributed by atoms with E-state index in [9.17, 15) is 19.2 Å². The first kappa shape index (κ1) is 28.7. The lowest BCUT2D eigenvalue weighted by molar-refractivity contribution is -0.122. The van der Waals surface area contributed by atoms with Crippen LogP contribution in [0.5, 0.6) is 0 Å². The molecule has 0 aliphatic heterocycles. The number of carbonyl (C=O) groups excluding carboxylic acids is 4. The van der Waals surface area contributed by atoms with Crippen molar-refractivity contribution in [1.29, 1.82) is 0 Å². The predicted molar refractivity (Wildman–Crippen MR) is 141 cm³/mol. The first-order valence-corrected chi connectivity index (χ1v) is 12.6. The molecule has 0 heterocycles. The second-order valence-corrected chi connectivity index (χ2v) is 8.77. The molecule has 36 heavy (non-hydrogen) atoms. The molecule has 0 N–H and O–H groups in total. The number of carbonyl (C=O) groups is 4. The molecule has 0 spiro atoms. The second-order valence-electron chi connectivity index (χ2n) is 8.77. The summed E-state index contributed by atoms with van der Waals surface area (Å²) in [7, 11) is 0. The summed E-state index contributed by atoms with van der Waals surface area (Å²) in [6.45, 7) is 7.26. The molecular formula is C30H36O6. The normalized spacial score (nSPS) is 13.1. The van der Waals surface area contributed by atoms with Crippen LogP contribution in [0.25, 0.3) is 10.8 Å². The Morgan fingerprint density at radius 1 is 0.694 bits per heavy atom. The molecule has 0 bridgehead atoms. The highest BCUT2D eigenvalue weighted by molar-refractivity contribution is 6.01. The Labute approximate surface area is 213 Å². The molecule has 0 radical (unpaired) electrons. The molecule has 2 rings (SSSR count). The van der Waals surface area contributed by atoms with Crippen LogP contribution in [-0.2, 0) is 19.1 Å². The molecular weight excluding hydrogens is 456 g/mol. The van der Waals surface area contributed by atoms with Crippen molar-refractivity contribution in [2.24, 2.45) is 0 Å². The Bertz CT molecular complexity index is 1040. The lowest BCUT2D eigenvalue weighted by Gasteiger charge is -2.12. The number of hydrogen-bond acceptors (Lipinski definition) is 6. The fourth-order valence-electron chi connectivity index (χ4n) is 3.39. The summed E-state index contributed by atoms with van der Waals surface area (Å²) in [5, 5.41) is 1.45. The molecule has 6 nitrogen and oxygen atoms in total. The Hall–Kier alpha value is -3.54. The number of hydrogen-bond donors (Lipinski definition) is 0.